The third-order valence-corrected chi connectivity index (χ3v) is 2.63. The summed E-state index contributed by atoms with van der Waals surface area (Å²) in [6.07, 6.45) is 5.78. The van der Waals surface area contributed by atoms with Gasteiger partial charge in [-0.1, -0.05) is 12.0 Å². The molecule has 2 nitrogen and oxygen atoms in total. The number of aromatic nitrogens is 2. The molecule has 0 aliphatic heterocycles. The molecule has 0 aromatic carbocycles. The summed E-state index contributed by atoms with van der Waals surface area (Å²) in [6.45, 7) is 0. The molecular weight excluding hydrogens is 365 g/mol. The quantitative estimate of drug-likeness (QED) is 0.216. The van der Waals surface area contributed by atoms with E-state index in [1.54, 1.807) is 6.20 Å². The second kappa shape index (κ2) is 6.01. The van der Waals surface area contributed by atoms with Crippen LogP contribution in [-0.4, -0.2) is 4.98 Å². The van der Waals surface area contributed by atoms with Gasteiger partial charge in [-0.15, -0.1) is 0 Å². The molecule has 0 unspecified atom stereocenters. The summed E-state index contributed by atoms with van der Waals surface area (Å²) >= 11 is 0. The van der Waals surface area contributed by atoms with Crippen molar-refractivity contribution in [2.75, 3.05) is 0 Å². The molecule has 0 saturated heterocycles. The van der Waals surface area contributed by atoms with Crippen LogP contribution >= 0.6 is 7.81 Å². The molecule has 3 aromatic rings. The number of halogens is 6. The van der Waals surface area contributed by atoms with E-state index in [-0.39, 0.29) is 0 Å². The van der Waals surface area contributed by atoms with Gasteiger partial charge in [-0.3, -0.25) is 0 Å². The van der Waals surface area contributed by atoms with Crippen LogP contribution in [0.25, 0.3) is 5.52 Å². The Morgan fingerprint density at radius 1 is 0.800 bits per heavy atom. The summed E-state index contributed by atoms with van der Waals surface area (Å²) in [4.78, 5) is 4.18. The Balaban J connectivity index is 0.000000277. The van der Waals surface area contributed by atoms with Gasteiger partial charge >= 0.3 is 33.0 Å². The zero-order chi connectivity index (χ0) is 18.6. The molecule has 0 aliphatic rings. The van der Waals surface area contributed by atoms with Gasteiger partial charge in [0.15, 0.2) is 12.4 Å². The monoisotopic (exact) mass is 376 g/mol. The zero-order valence-corrected chi connectivity index (χ0v) is 13.4. The van der Waals surface area contributed by atoms with Gasteiger partial charge in [-0.2, -0.15) is 4.40 Å². The number of fused-ring (bicyclic) bond motifs is 1. The van der Waals surface area contributed by atoms with Crippen LogP contribution in [0.5, 0.6) is 0 Å². The van der Waals surface area contributed by atoms with E-state index in [2.05, 4.69) is 33.4 Å². The third-order valence-electron chi connectivity index (χ3n) is 2.63. The van der Waals surface area contributed by atoms with Crippen LogP contribution in [0.3, 0.4) is 0 Å². The van der Waals surface area contributed by atoms with Gasteiger partial charge in [-0.25, -0.2) is 4.98 Å². The van der Waals surface area contributed by atoms with Gasteiger partial charge in [0.25, 0.3) is 0 Å². The van der Waals surface area contributed by atoms with Crippen molar-refractivity contribution in [2.45, 2.75) is 0 Å². The van der Waals surface area contributed by atoms with E-state index in [4.69, 9.17) is 0 Å². The topological polar surface area (TPSA) is 17.0 Å². The first-order valence-electron chi connectivity index (χ1n) is 6.76. The van der Waals surface area contributed by atoms with Crippen molar-refractivity contribution in [2.24, 2.45) is 0 Å². The first-order valence-corrected chi connectivity index (χ1v) is 8.79. The molecule has 0 saturated carbocycles. The minimum absolute atomic E-state index is 0.788. The summed E-state index contributed by atoms with van der Waals surface area (Å²) in [7, 11) is -10.7. The number of rotatable bonds is 0. The van der Waals surface area contributed by atoms with Gasteiger partial charge in [-0.05, 0) is 30.2 Å². The zero-order valence-electron chi connectivity index (χ0n) is 12.5. The number of hydrogen-bond donors (Lipinski definition) is 0. The standard InChI is InChI=1S/C16H11N2.F6P/c1-3-11-17-15(5-1)9-7-14-8-10-16-6-2-4-12-18(16)13-14;1-7(2,3,4,5)6/h1-6,8,10-13H;/q+1;-1. The van der Waals surface area contributed by atoms with E-state index < -0.39 is 7.81 Å². The van der Waals surface area contributed by atoms with E-state index in [0.717, 1.165) is 16.8 Å². The third kappa shape index (κ3) is 8.68. The Kier molecular flexibility index (Phi) is 4.49. The van der Waals surface area contributed by atoms with E-state index >= 15 is 0 Å². The van der Waals surface area contributed by atoms with Crippen LogP contribution in [0.4, 0.5) is 25.2 Å². The maximum atomic E-state index is 9.87. The van der Waals surface area contributed by atoms with Crippen LogP contribution in [0.1, 0.15) is 11.3 Å². The summed E-state index contributed by atoms with van der Waals surface area (Å²) in [5.41, 5.74) is 2.92. The molecule has 25 heavy (non-hydrogen) atoms. The Morgan fingerprint density at radius 2 is 1.48 bits per heavy atom. The summed E-state index contributed by atoms with van der Waals surface area (Å²) in [5, 5.41) is 0. The first-order chi connectivity index (χ1) is 11.4. The Hall–Kier alpha value is -2.65. The molecule has 0 radical (unpaired) electrons. The van der Waals surface area contributed by atoms with Crippen LogP contribution < -0.4 is 4.40 Å². The van der Waals surface area contributed by atoms with E-state index in [0.29, 0.717) is 0 Å². The van der Waals surface area contributed by atoms with Gasteiger partial charge in [0.1, 0.15) is 5.69 Å². The molecule has 3 rings (SSSR count). The van der Waals surface area contributed by atoms with Crippen molar-refractivity contribution in [3.8, 4) is 11.8 Å². The van der Waals surface area contributed by atoms with Crippen LogP contribution in [0, 0.1) is 11.8 Å². The molecule has 0 bridgehead atoms. The number of pyridine rings is 3. The molecule has 0 spiro atoms. The van der Waals surface area contributed by atoms with Crippen molar-refractivity contribution in [3.63, 3.8) is 0 Å². The van der Waals surface area contributed by atoms with E-state index in [1.807, 2.05) is 48.8 Å². The molecule has 9 heteroatoms. The van der Waals surface area contributed by atoms with Gasteiger partial charge in [0.2, 0.25) is 5.52 Å². The Bertz CT molecular complexity index is 933. The molecule has 0 atom stereocenters. The second-order valence-electron chi connectivity index (χ2n) is 4.87. The van der Waals surface area contributed by atoms with Crippen LogP contribution in [-0.2, 0) is 0 Å². The fourth-order valence-electron chi connectivity index (χ4n) is 1.74. The first kappa shape index (κ1) is 18.7. The van der Waals surface area contributed by atoms with E-state index in [9.17, 15) is 25.2 Å². The normalized spacial score (nSPS) is 13.5. The molecule has 0 aliphatic carbocycles. The summed E-state index contributed by atoms with van der Waals surface area (Å²) in [5.74, 6) is 6.17. The SMILES string of the molecule is C(#Cc1ccccn1)c1ccc2cccc[n+]2c1.F[P-](F)(F)(F)(F)F. The van der Waals surface area contributed by atoms with Gasteiger partial charge < -0.3 is 0 Å². The predicted octanol–water partition coefficient (Wildman–Crippen LogP) is 5.60. The average Bonchev–Trinajstić information content (AvgIpc) is 2.51. The predicted molar refractivity (Wildman–Crippen MR) is 83.4 cm³/mol. The maximum absolute atomic E-state index is 10.7. The molecular formula is C16H11F6N2P. The Labute approximate surface area is 139 Å². The number of hydrogen-bond acceptors (Lipinski definition) is 1. The van der Waals surface area contributed by atoms with Crippen molar-refractivity contribution in [1.29, 1.82) is 0 Å². The summed E-state index contributed by atoms with van der Waals surface area (Å²) in [6, 6.07) is 15.9. The molecule has 0 amide bonds. The number of nitrogens with zero attached hydrogens (tertiary/aromatic N) is 2. The minimum atomic E-state index is -10.7. The average molecular weight is 376 g/mol. The Morgan fingerprint density at radius 3 is 2.12 bits per heavy atom. The van der Waals surface area contributed by atoms with Crippen molar-refractivity contribution < 1.29 is 29.6 Å². The molecule has 3 heterocycles. The van der Waals surface area contributed by atoms with Crippen LogP contribution in [0.2, 0.25) is 0 Å². The van der Waals surface area contributed by atoms with Crippen molar-refractivity contribution >= 4 is 13.3 Å². The van der Waals surface area contributed by atoms with Gasteiger partial charge in [0, 0.05) is 24.4 Å². The van der Waals surface area contributed by atoms with Crippen molar-refractivity contribution in [1.82, 2.24) is 4.98 Å². The van der Waals surface area contributed by atoms with E-state index in [1.165, 1.54) is 0 Å². The van der Waals surface area contributed by atoms with Crippen LogP contribution in [0.15, 0.2) is 67.1 Å². The fourth-order valence-corrected chi connectivity index (χ4v) is 1.74. The molecule has 0 fully saturated rings. The molecule has 0 N–H and O–H groups in total. The summed E-state index contributed by atoms with van der Waals surface area (Å²) < 4.78 is 61.3. The van der Waals surface area contributed by atoms with Gasteiger partial charge in [0.05, 0.1) is 5.56 Å². The van der Waals surface area contributed by atoms with Crippen molar-refractivity contribution in [3.05, 3.63) is 78.4 Å². The molecule has 132 valence electrons. The molecule has 3 aromatic heterocycles. The fraction of sp³-hybridized carbons (Fsp3) is 0. The second-order valence-corrected chi connectivity index (χ2v) is 6.79.